The average Bonchev–Trinajstić information content (AvgIpc) is 1.97. The van der Waals surface area contributed by atoms with Gasteiger partial charge in [-0.25, -0.2) is 4.39 Å². The highest BCUT2D eigenvalue weighted by Crippen LogP contribution is 2.29. The molecule has 0 N–H and O–H groups in total. The molecule has 0 radical (unpaired) electrons. The van der Waals surface area contributed by atoms with Gasteiger partial charge in [-0.05, 0) is 18.4 Å². The van der Waals surface area contributed by atoms with E-state index in [1.54, 1.807) is 6.26 Å². The molecule has 1 rings (SSSR count). The first-order chi connectivity index (χ1) is 5.15. The molecule has 0 amide bonds. The minimum absolute atomic E-state index is 0.252. The molecule has 0 aliphatic rings. The van der Waals surface area contributed by atoms with Crippen molar-refractivity contribution in [3.05, 3.63) is 28.0 Å². The fourth-order valence-electron chi connectivity index (χ4n) is 0.661. The topological polar surface area (TPSA) is 0 Å². The monoisotopic (exact) mass is 210 g/mol. The Morgan fingerprint density at radius 1 is 1.27 bits per heavy atom. The van der Waals surface area contributed by atoms with Crippen molar-refractivity contribution in [1.29, 1.82) is 0 Å². The molecule has 0 saturated heterocycles. The third-order valence-corrected chi connectivity index (χ3v) is 2.67. The Morgan fingerprint density at radius 3 is 2.36 bits per heavy atom. The van der Waals surface area contributed by atoms with Gasteiger partial charge in [0.1, 0.15) is 5.82 Å². The molecule has 0 heterocycles. The van der Waals surface area contributed by atoms with E-state index in [0.717, 1.165) is 0 Å². The first-order valence-electron chi connectivity index (χ1n) is 2.83. The molecule has 4 heteroatoms. The summed E-state index contributed by atoms with van der Waals surface area (Å²) in [4.78, 5) is 0.513. The SMILES string of the molecule is CSc1cc(Cl)c(Cl)cc1F. The third-order valence-electron chi connectivity index (χ3n) is 1.19. The van der Waals surface area contributed by atoms with Crippen molar-refractivity contribution in [2.24, 2.45) is 0 Å². The highest BCUT2D eigenvalue weighted by atomic mass is 35.5. The second-order valence-corrected chi connectivity index (χ2v) is 3.56. The Balaban J connectivity index is 3.21. The second-order valence-electron chi connectivity index (χ2n) is 1.90. The van der Waals surface area contributed by atoms with Gasteiger partial charge in [-0.3, -0.25) is 0 Å². The first kappa shape index (κ1) is 9.17. The van der Waals surface area contributed by atoms with Gasteiger partial charge in [-0.15, -0.1) is 11.8 Å². The average molecular weight is 211 g/mol. The van der Waals surface area contributed by atoms with E-state index in [1.165, 1.54) is 23.9 Å². The fourth-order valence-corrected chi connectivity index (χ4v) is 1.53. The maximum Gasteiger partial charge on any atom is 0.138 e. The van der Waals surface area contributed by atoms with Gasteiger partial charge in [0.15, 0.2) is 0 Å². The van der Waals surface area contributed by atoms with Crippen molar-refractivity contribution in [3.63, 3.8) is 0 Å². The second kappa shape index (κ2) is 3.65. The van der Waals surface area contributed by atoms with Crippen LogP contribution in [0.25, 0.3) is 0 Å². The van der Waals surface area contributed by atoms with E-state index in [4.69, 9.17) is 23.2 Å². The highest BCUT2D eigenvalue weighted by molar-refractivity contribution is 7.98. The minimum Gasteiger partial charge on any atom is -0.206 e. The molecule has 0 bridgehead atoms. The van der Waals surface area contributed by atoms with Gasteiger partial charge in [0.05, 0.1) is 10.0 Å². The van der Waals surface area contributed by atoms with Crippen LogP contribution in [-0.2, 0) is 0 Å². The predicted molar refractivity (Wildman–Crippen MR) is 48.2 cm³/mol. The largest absolute Gasteiger partial charge is 0.206 e. The Bertz CT molecular complexity index is 275. The number of hydrogen-bond acceptors (Lipinski definition) is 1. The fraction of sp³-hybridized carbons (Fsp3) is 0.143. The molecule has 0 fully saturated rings. The van der Waals surface area contributed by atoms with Crippen LogP contribution in [0.4, 0.5) is 4.39 Å². The van der Waals surface area contributed by atoms with Gasteiger partial charge in [0.25, 0.3) is 0 Å². The summed E-state index contributed by atoms with van der Waals surface area (Å²) >= 11 is 12.5. The summed E-state index contributed by atoms with van der Waals surface area (Å²) in [6.07, 6.45) is 1.78. The summed E-state index contributed by atoms with van der Waals surface area (Å²) in [5.41, 5.74) is 0. The Hall–Kier alpha value is 0.0800. The van der Waals surface area contributed by atoms with Gasteiger partial charge < -0.3 is 0 Å². The highest BCUT2D eigenvalue weighted by Gasteiger charge is 2.05. The zero-order valence-electron chi connectivity index (χ0n) is 5.70. The lowest BCUT2D eigenvalue weighted by atomic mass is 10.3. The Labute approximate surface area is 78.7 Å². The smallest absolute Gasteiger partial charge is 0.138 e. The van der Waals surface area contributed by atoms with Crippen LogP contribution >= 0.6 is 35.0 Å². The van der Waals surface area contributed by atoms with Gasteiger partial charge >= 0.3 is 0 Å². The predicted octanol–water partition coefficient (Wildman–Crippen LogP) is 3.85. The van der Waals surface area contributed by atoms with Crippen LogP contribution in [0.15, 0.2) is 17.0 Å². The van der Waals surface area contributed by atoms with Crippen molar-refractivity contribution in [1.82, 2.24) is 0 Å². The zero-order chi connectivity index (χ0) is 8.43. The van der Waals surface area contributed by atoms with E-state index in [0.29, 0.717) is 9.92 Å². The quantitative estimate of drug-likeness (QED) is 0.502. The standard InChI is InChI=1S/C7H5Cl2FS/c1-11-7-3-5(9)4(8)2-6(7)10/h2-3H,1H3. The van der Waals surface area contributed by atoms with E-state index >= 15 is 0 Å². The van der Waals surface area contributed by atoms with Crippen molar-refractivity contribution in [3.8, 4) is 0 Å². The molecule has 1 aromatic carbocycles. The Kier molecular flexibility index (Phi) is 3.05. The van der Waals surface area contributed by atoms with Gasteiger partial charge in [-0.2, -0.15) is 0 Å². The summed E-state index contributed by atoms with van der Waals surface area (Å²) in [6, 6.07) is 2.74. The van der Waals surface area contributed by atoms with E-state index in [-0.39, 0.29) is 10.8 Å². The summed E-state index contributed by atoms with van der Waals surface area (Å²) in [6.45, 7) is 0. The number of halogens is 3. The molecule has 60 valence electrons. The van der Waals surface area contributed by atoms with E-state index in [2.05, 4.69) is 0 Å². The summed E-state index contributed by atoms with van der Waals surface area (Å²) in [5, 5.41) is 0.638. The molecule has 0 nitrogen and oxygen atoms in total. The van der Waals surface area contributed by atoms with Crippen LogP contribution in [-0.4, -0.2) is 6.26 Å². The van der Waals surface area contributed by atoms with Crippen molar-refractivity contribution in [2.45, 2.75) is 4.90 Å². The molecule has 0 spiro atoms. The first-order valence-corrected chi connectivity index (χ1v) is 4.81. The molecule has 0 saturated carbocycles. The van der Waals surface area contributed by atoms with Crippen LogP contribution in [0, 0.1) is 5.82 Å². The van der Waals surface area contributed by atoms with E-state index in [1.807, 2.05) is 0 Å². The van der Waals surface area contributed by atoms with Crippen LogP contribution in [0.3, 0.4) is 0 Å². The minimum atomic E-state index is -0.327. The van der Waals surface area contributed by atoms with Crippen molar-refractivity contribution < 1.29 is 4.39 Å². The molecule has 0 aromatic heterocycles. The molecule has 1 aromatic rings. The lowest BCUT2D eigenvalue weighted by Crippen LogP contribution is -1.80. The molecule has 0 atom stereocenters. The lowest BCUT2D eigenvalue weighted by Gasteiger charge is -2.00. The van der Waals surface area contributed by atoms with Crippen LogP contribution in [0.5, 0.6) is 0 Å². The molecule has 0 unspecified atom stereocenters. The lowest BCUT2D eigenvalue weighted by molar-refractivity contribution is 0.602. The number of thioether (sulfide) groups is 1. The number of hydrogen-bond donors (Lipinski definition) is 0. The van der Waals surface area contributed by atoms with Gasteiger partial charge in [0, 0.05) is 4.90 Å². The van der Waals surface area contributed by atoms with Gasteiger partial charge in [-0.1, -0.05) is 23.2 Å². The normalized spacial score (nSPS) is 10.2. The maximum absolute atomic E-state index is 12.9. The molecule has 11 heavy (non-hydrogen) atoms. The number of rotatable bonds is 1. The molecular formula is C7H5Cl2FS. The summed E-state index contributed by atoms with van der Waals surface area (Å²) in [7, 11) is 0. The molecule has 0 aliphatic carbocycles. The summed E-state index contributed by atoms with van der Waals surface area (Å²) in [5.74, 6) is -0.327. The Morgan fingerprint density at radius 2 is 1.82 bits per heavy atom. The van der Waals surface area contributed by atoms with Crippen LogP contribution < -0.4 is 0 Å². The molecular weight excluding hydrogens is 206 g/mol. The molecule has 0 aliphatic heterocycles. The van der Waals surface area contributed by atoms with Crippen molar-refractivity contribution in [2.75, 3.05) is 6.26 Å². The van der Waals surface area contributed by atoms with Crippen LogP contribution in [0.1, 0.15) is 0 Å². The van der Waals surface area contributed by atoms with Gasteiger partial charge in [0.2, 0.25) is 0 Å². The van der Waals surface area contributed by atoms with Crippen molar-refractivity contribution >= 4 is 35.0 Å². The zero-order valence-corrected chi connectivity index (χ0v) is 8.03. The van der Waals surface area contributed by atoms with E-state index < -0.39 is 0 Å². The number of benzene rings is 1. The maximum atomic E-state index is 12.9. The van der Waals surface area contributed by atoms with E-state index in [9.17, 15) is 4.39 Å². The van der Waals surface area contributed by atoms with Crippen LogP contribution in [0.2, 0.25) is 10.0 Å². The third kappa shape index (κ3) is 2.01. The summed E-state index contributed by atoms with van der Waals surface area (Å²) < 4.78 is 12.9.